The monoisotopic (exact) mass is 332 g/mol. The maximum absolute atomic E-state index is 6.10. The van der Waals surface area contributed by atoms with Gasteiger partial charge in [-0.1, -0.05) is 29.8 Å². The summed E-state index contributed by atoms with van der Waals surface area (Å²) in [7, 11) is 0. The van der Waals surface area contributed by atoms with Crippen LogP contribution in [0.2, 0.25) is 5.02 Å². The number of nitrogens with one attached hydrogen (secondary N) is 1. The molecule has 3 rings (SSSR count). The van der Waals surface area contributed by atoms with Crippen molar-refractivity contribution in [2.75, 3.05) is 5.84 Å². The molecule has 0 aliphatic heterocycles. The van der Waals surface area contributed by atoms with Gasteiger partial charge in [-0.2, -0.15) is 5.10 Å². The first-order valence-electron chi connectivity index (χ1n) is 6.54. The number of nitrogen functional groups attached to an aromatic ring is 1. The number of H-pyrrole nitrogens is 1. The number of aromatic nitrogens is 3. The Bertz CT molecular complexity index is 841. The summed E-state index contributed by atoms with van der Waals surface area (Å²) in [5.41, 5.74) is 1.79. The molecule has 0 spiro atoms. The van der Waals surface area contributed by atoms with Crippen molar-refractivity contribution in [2.24, 2.45) is 0 Å². The highest BCUT2D eigenvalue weighted by atomic mass is 35.5. The van der Waals surface area contributed by atoms with Crippen LogP contribution in [0.15, 0.2) is 48.5 Å². The highest BCUT2D eigenvalue weighted by Gasteiger charge is 2.07. The van der Waals surface area contributed by atoms with E-state index in [-0.39, 0.29) is 0 Å². The van der Waals surface area contributed by atoms with Gasteiger partial charge in [0.05, 0.1) is 0 Å². The lowest BCUT2D eigenvalue weighted by molar-refractivity contribution is 0.306. The van der Waals surface area contributed by atoms with Gasteiger partial charge in [0.25, 0.3) is 0 Å². The summed E-state index contributed by atoms with van der Waals surface area (Å²) in [5, 5.41) is 7.42. The van der Waals surface area contributed by atoms with E-state index in [0.717, 1.165) is 16.9 Å². The highest BCUT2D eigenvalue weighted by molar-refractivity contribution is 7.71. The second kappa shape index (κ2) is 6.21. The molecule has 1 aromatic heterocycles. The van der Waals surface area contributed by atoms with E-state index in [2.05, 4.69) is 10.2 Å². The van der Waals surface area contributed by atoms with Crippen LogP contribution in [0.3, 0.4) is 0 Å². The maximum Gasteiger partial charge on any atom is 0.214 e. The van der Waals surface area contributed by atoms with Gasteiger partial charge in [-0.15, -0.1) is 0 Å². The Morgan fingerprint density at radius 2 is 1.91 bits per heavy atom. The van der Waals surface area contributed by atoms with E-state index in [0.29, 0.717) is 22.2 Å². The molecule has 0 aliphatic carbocycles. The number of hydrogen-bond acceptors (Lipinski definition) is 4. The average molecular weight is 333 g/mol. The fourth-order valence-electron chi connectivity index (χ4n) is 1.99. The van der Waals surface area contributed by atoms with Crippen LogP contribution in [0, 0.1) is 4.77 Å². The molecule has 0 atom stereocenters. The van der Waals surface area contributed by atoms with E-state index >= 15 is 0 Å². The highest BCUT2D eigenvalue weighted by Crippen LogP contribution is 2.22. The molecule has 0 radical (unpaired) electrons. The standard InChI is InChI=1S/C15H13ClN4OS/c16-13-4-2-1-3-11(13)9-21-12-7-5-10(6-8-12)14-18-19-15(22)20(14)17/h1-8H,9,17H2,(H,19,22). The Morgan fingerprint density at radius 1 is 1.18 bits per heavy atom. The largest absolute Gasteiger partial charge is 0.489 e. The number of benzene rings is 2. The molecule has 112 valence electrons. The van der Waals surface area contributed by atoms with Gasteiger partial charge >= 0.3 is 0 Å². The number of hydrogen-bond donors (Lipinski definition) is 2. The molecule has 1 heterocycles. The van der Waals surface area contributed by atoms with Crippen LogP contribution in [-0.4, -0.2) is 14.9 Å². The Balaban J connectivity index is 1.73. The van der Waals surface area contributed by atoms with Gasteiger partial charge in [-0.3, -0.25) is 0 Å². The van der Waals surface area contributed by atoms with Gasteiger partial charge in [0.15, 0.2) is 5.82 Å². The predicted molar refractivity (Wildman–Crippen MR) is 88.8 cm³/mol. The van der Waals surface area contributed by atoms with Crippen LogP contribution in [0.5, 0.6) is 5.75 Å². The number of nitrogens with zero attached hydrogens (tertiary/aromatic N) is 2. The summed E-state index contributed by atoms with van der Waals surface area (Å²) in [6.45, 7) is 0.411. The Hall–Kier alpha value is -2.31. The van der Waals surface area contributed by atoms with E-state index in [4.69, 9.17) is 34.4 Å². The molecule has 0 bridgehead atoms. The lowest BCUT2D eigenvalue weighted by atomic mass is 10.2. The van der Waals surface area contributed by atoms with E-state index < -0.39 is 0 Å². The third kappa shape index (κ3) is 2.98. The number of aromatic amines is 1. The molecule has 7 heteroatoms. The average Bonchev–Trinajstić information content (AvgIpc) is 2.87. The van der Waals surface area contributed by atoms with Crippen LogP contribution < -0.4 is 10.6 Å². The third-order valence-electron chi connectivity index (χ3n) is 3.17. The number of rotatable bonds is 4. The van der Waals surface area contributed by atoms with Crippen molar-refractivity contribution >= 4 is 23.8 Å². The summed E-state index contributed by atoms with van der Waals surface area (Å²) in [5.74, 6) is 7.11. The Morgan fingerprint density at radius 3 is 2.55 bits per heavy atom. The molecule has 0 saturated carbocycles. The third-order valence-corrected chi connectivity index (χ3v) is 3.83. The molecule has 0 fully saturated rings. The van der Waals surface area contributed by atoms with Crippen molar-refractivity contribution in [3.05, 3.63) is 63.9 Å². The SMILES string of the molecule is Nn1c(-c2ccc(OCc3ccccc3Cl)cc2)n[nH]c1=S. The van der Waals surface area contributed by atoms with Gasteiger partial charge < -0.3 is 10.6 Å². The molecule has 0 amide bonds. The zero-order valence-electron chi connectivity index (χ0n) is 11.5. The lowest BCUT2D eigenvalue weighted by Gasteiger charge is -2.08. The van der Waals surface area contributed by atoms with Crippen LogP contribution in [0.4, 0.5) is 0 Å². The predicted octanol–water partition coefficient (Wildman–Crippen LogP) is 3.55. The Kier molecular flexibility index (Phi) is 4.13. The summed E-state index contributed by atoms with van der Waals surface area (Å²) in [6.07, 6.45) is 0. The quantitative estimate of drug-likeness (QED) is 0.566. The van der Waals surface area contributed by atoms with Crippen molar-refractivity contribution in [3.63, 3.8) is 0 Å². The van der Waals surface area contributed by atoms with Crippen molar-refractivity contribution in [2.45, 2.75) is 6.61 Å². The molecule has 0 saturated heterocycles. The molecule has 2 aromatic carbocycles. The molecule has 22 heavy (non-hydrogen) atoms. The minimum Gasteiger partial charge on any atom is -0.489 e. The normalized spacial score (nSPS) is 10.6. The molecular formula is C15H13ClN4OS. The smallest absolute Gasteiger partial charge is 0.214 e. The summed E-state index contributed by atoms with van der Waals surface area (Å²) in [4.78, 5) is 0. The zero-order valence-corrected chi connectivity index (χ0v) is 13.1. The summed E-state index contributed by atoms with van der Waals surface area (Å²) < 4.78 is 7.43. The molecule has 0 unspecified atom stereocenters. The van der Waals surface area contributed by atoms with Gasteiger partial charge in [-0.05, 0) is 42.5 Å². The van der Waals surface area contributed by atoms with Gasteiger partial charge in [0.2, 0.25) is 4.77 Å². The van der Waals surface area contributed by atoms with Gasteiger partial charge in [0.1, 0.15) is 12.4 Å². The molecule has 5 nitrogen and oxygen atoms in total. The molecular weight excluding hydrogens is 320 g/mol. The minimum absolute atomic E-state index is 0.369. The lowest BCUT2D eigenvalue weighted by Crippen LogP contribution is -2.09. The first-order valence-corrected chi connectivity index (χ1v) is 7.33. The van der Waals surface area contributed by atoms with Crippen LogP contribution in [-0.2, 0) is 6.61 Å². The van der Waals surface area contributed by atoms with E-state index in [9.17, 15) is 0 Å². The summed E-state index contributed by atoms with van der Waals surface area (Å²) >= 11 is 11.1. The maximum atomic E-state index is 6.10. The van der Waals surface area contributed by atoms with E-state index in [1.165, 1.54) is 4.68 Å². The van der Waals surface area contributed by atoms with Gasteiger partial charge in [-0.25, -0.2) is 9.77 Å². The van der Waals surface area contributed by atoms with Gasteiger partial charge in [0, 0.05) is 16.1 Å². The minimum atomic E-state index is 0.369. The first kappa shape index (κ1) is 14.6. The van der Waals surface area contributed by atoms with Crippen LogP contribution >= 0.6 is 23.8 Å². The van der Waals surface area contributed by atoms with E-state index in [1.54, 1.807) is 0 Å². The molecule has 3 aromatic rings. The first-order chi connectivity index (χ1) is 10.6. The van der Waals surface area contributed by atoms with Crippen molar-refractivity contribution < 1.29 is 4.74 Å². The van der Waals surface area contributed by atoms with Crippen molar-refractivity contribution in [1.82, 2.24) is 14.9 Å². The second-order valence-corrected chi connectivity index (χ2v) is 5.42. The van der Waals surface area contributed by atoms with Crippen LogP contribution in [0.1, 0.15) is 5.56 Å². The van der Waals surface area contributed by atoms with Crippen LogP contribution in [0.25, 0.3) is 11.4 Å². The van der Waals surface area contributed by atoms with Crippen molar-refractivity contribution in [1.29, 1.82) is 0 Å². The fraction of sp³-hybridized carbons (Fsp3) is 0.0667. The topological polar surface area (TPSA) is 68.9 Å². The number of nitrogens with two attached hydrogens (primary N) is 1. The van der Waals surface area contributed by atoms with E-state index in [1.807, 2.05) is 48.5 Å². The number of halogens is 1. The second-order valence-electron chi connectivity index (χ2n) is 4.63. The fourth-order valence-corrected chi connectivity index (χ4v) is 2.31. The summed E-state index contributed by atoms with van der Waals surface area (Å²) in [6, 6.07) is 15.0. The molecule has 0 aliphatic rings. The van der Waals surface area contributed by atoms with Crippen molar-refractivity contribution in [3.8, 4) is 17.1 Å². The molecule has 3 N–H and O–H groups in total. The Labute approximate surface area is 137 Å². The zero-order chi connectivity index (χ0) is 15.5. The number of ether oxygens (including phenoxy) is 1.